The molecule has 2 rings (SSSR count). The molecule has 1 aromatic rings. The van der Waals surface area contributed by atoms with Crippen LogP contribution in [0.25, 0.3) is 0 Å². The van der Waals surface area contributed by atoms with Crippen LogP contribution >= 0.6 is 0 Å². The molecule has 20 heavy (non-hydrogen) atoms. The van der Waals surface area contributed by atoms with Gasteiger partial charge in [0.25, 0.3) is 0 Å². The van der Waals surface area contributed by atoms with Crippen molar-refractivity contribution in [2.45, 2.75) is 37.3 Å². The van der Waals surface area contributed by atoms with Gasteiger partial charge in [0.2, 0.25) is 5.91 Å². The Morgan fingerprint density at radius 1 is 1.30 bits per heavy atom. The van der Waals surface area contributed by atoms with Gasteiger partial charge < -0.3 is 16.0 Å². The molecular formula is C16H25N3O. The molecule has 1 unspecified atom stereocenters. The molecular weight excluding hydrogens is 250 g/mol. The van der Waals surface area contributed by atoms with Crippen LogP contribution in [-0.2, 0) is 4.79 Å². The first-order valence-electron chi connectivity index (χ1n) is 7.31. The Hall–Kier alpha value is -1.39. The van der Waals surface area contributed by atoms with E-state index in [0.29, 0.717) is 0 Å². The molecule has 1 atom stereocenters. The Labute approximate surface area is 121 Å². The average Bonchev–Trinajstić information content (AvgIpc) is 2.87. The molecule has 1 aliphatic carbocycles. The SMILES string of the molecule is CN(C)CC(NC(=O)C1(N)CCCC1)c1ccccc1. The first kappa shape index (κ1) is 15.0. The molecule has 1 aliphatic rings. The molecule has 1 aromatic carbocycles. The monoisotopic (exact) mass is 275 g/mol. The molecule has 0 aliphatic heterocycles. The van der Waals surface area contributed by atoms with E-state index in [9.17, 15) is 4.79 Å². The van der Waals surface area contributed by atoms with Crippen molar-refractivity contribution in [1.29, 1.82) is 0 Å². The highest BCUT2D eigenvalue weighted by Crippen LogP contribution is 2.28. The van der Waals surface area contributed by atoms with Gasteiger partial charge in [0, 0.05) is 6.54 Å². The Bertz CT molecular complexity index is 438. The lowest BCUT2D eigenvalue weighted by molar-refractivity contribution is -0.127. The van der Waals surface area contributed by atoms with E-state index in [0.717, 1.165) is 37.8 Å². The van der Waals surface area contributed by atoms with E-state index in [2.05, 4.69) is 10.2 Å². The minimum absolute atomic E-state index is 0.00861. The lowest BCUT2D eigenvalue weighted by Crippen LogP contribution is -2.53. The van der Waals surface area contributed by atoms with Gasteiger partial charge >= 0.3 is 0 Å². The maximum atomic E-state index is 12.5. The summed E-state index contributed by atoms with van der Waals surface area (Å²) in [6.45, 7) is 0.770. The zero-order valence-electron chi connectivity index (χ0n) is 12.4. The van der Waals surface area contributed by atoms with Crippen LogP contribution in [-0.4, -0.2) is 37.0 Å². The molecule has 0 spiro atoms. The zero-order valence-corrected chi connectivity index (χ0v) is 12.4. The third kappa shape index (κ3) is 3.58. The quantitative estimate of drug-likeness (QED) is 0.859. The van der Waals surface area contributed by atoms with Crippen molar-refractivity contribution in [3.63, 3.8) is 0 Å². The molecule has 4 heteroatoms. The van der Waals surface area contributed by atoms with Crippen LogP contribution in [0, 0.1) is 0 Å². The molecule has 0 radical (unpaired) electrons. The summed E-state index contributed by atoms with van der Waals surface area (Å²) in [6, 6.07) is 10.1. The summed E-state index contributed by atoms with van der Waals surface area (Å²) in [4.78, 5) is 14.6. The molecule has 4 nitrogen and oxygen atoms in total. The predicted molar refractivity (Wildman–Crippen MR) is 81.3 cm³/mol. The van der Waals surface area contributed by atoms with Crippen molar-refractivity contribution in [2.24, 2.45) is 5.73 Å². The third-order valence-electron chi connectivity index (χ3n) is 4.00. The fourth-order valence-electron chi connectivity index (χ4n) is 2.82. The molecule has 1 saturated carbocycles. The Balaban J connectivity index is 2.10. The summed E-state index contributed by atoms with van der Waals surface area (Å²) in [6.07, 6.45) is 3.69. The highest BCUT2D eigenvalue weighted by Gasteiger charge is 2.37. The molecule has 1 fully saturated rings. The Morgan fingerprint density at radius 2 is 1.90 bits per heavy atom. The molecule has 0 aromatic heterocycles. The Morgan fingerprint density at radius 3 is 2.45 bits per heavy atom. The molecule has 0 bridgehead atoms. The Kier molecular flexibility index (Phi) is 4.78. The molecule has 3 N–H and O–H groups in total. The maximum Gasteiger partial charge on any atom is 0.240 e. The zero-order chi connectivity index (χ0) is 14.6. The first-order valence-corrected chi connectivity index (χ1v) is 7.31. The lowest BCUT2D eigenvalue weighted by atomic mass is 9.96. The van der Waals surface area contributed by atoms with Gasteiger partial charge in [0.15, 0.2) is 0 Å². The summed E-state index contributed by atoms with van der Waals surface area (Å²) in [5, 5.41) is 3.14. The van der Waals surface area contributed by atoms with Crippen LogP contribution in [0.15, 0.2) is 30.3 Å². The summed E-state index contributed by atoms with van der Waals surface area (Å²) in [7, 11) is 4.02. The number of nitrogens with two attached hydrogens (primary N) is 1. The number of likely N-dealkylation sites (N-methyl/N-ethyl adjacent to an activating group) is 1. The maximum absolute atomic E-state index is 12.5. The van der Waals surface area contributed by atoms with Crippen molar-refractivity contribution in [1.82, 2.24) is 10.2 Å². The number of nitrogens with zero attached hydrogens (tertiary/aromatic N) is 1. The molecule has 0 heterocycles. The van der Waals surface area contributed by atoms with Gasteiger partial charge in [-0.3, -0.25) is 4.79 Å². The third-order valence-corrected chi connectivity index (χ3v) is 4.00. The van der Waals surface area contributed by atoms with E-state index in [1.54, 1.807) is 0 Å². The van der Waals surface area contributed by atoms with Crippen molar-refractivity contribution < 1.29 is 4.79 Å². The summed E-state index contributed by atoms with van der Waals surface area (Å²) < 4.78 is 0. The average molecular weight is 275 g/mol. The molecule has 1 amide bonds. The normalized spacial score (nSPS) is 19.0. The topological polar surface area (TPSA) is 58.4 Å². The van der Waals surface area contributed by atoms with Crippen molar-refractivity contribution in [2.75, 3.05) is 20.6 Å². The minimum atomic E-state index is -0.667. The fraction of sp³-hybridized carbons (Fsp3) is 0.562. The number of carbonyl (C=O) groups excluding carboxylic acids is 1. The number of hydrogen-bond acceptors (Lipinski definition) is 3. The van der Waals surface area contributed by atoms with Gasteiger partial charge in [-0.15, -0.1) is 0 Å². The van der Waals surface area contributed by atoms with E-state index in [-0.39, 0.29) is 11.9 Å². The van der Waals surface area contributed by atoms with Crippen molar-refractivity contribution in [3.8, 4) is 0 Å². The van der Waals surface area contributed by atoms with Gasteiger partial charge in [0.1, 0.15) is 0 Å². The largest absolute Gasteiger partial charge is 0.346 e. The number of hydrogen-bond donors (Lipinski definition) is 2. The van der Waals surface area contributed by atoms with E-state index in [4.69, 9.17) is 5.73 Å². The predicted octanol–water partition coefficient (Wildman–Crippen LogP) is 1.68. The van der Waals surface area contributed by atoms with Gasteiger partial charge in [-0.05, 0) is 32.5 Å². The lowest BCUT2D eigenvalue weighted by Gasteiger charge is -2.28. The van der Waals surface area contributed by atoms with Crippen LogP contribution in [0.4, 0.5) is 0 Å². The van der Waals surface area contributed by atoms with Crippen molar-refractivity contribution >= 4 is 5.91 Å². The van der Waals surface area contributed by atoms with Gasteiger partial charge in [-0.25, -0.2) is 0 Å². The van der Waals surface area contributed by atoms with E-state index in [1.807, 2.05) is 44.4 Å². The van der Waals surface area contributed by atoms with Crippen LogP contribution in [0.3, 0.4) is 0 Å². The summed E-state index contributed by atoms with van der Waals surface area (Å²) in [5.74, 6) is -0.00861. The number of nitrogens with one attached hydrogen (secondary N) is 1. The van der Waals surface area contributed by atoms with E-state index < -0.39 is 5.54 Å². The number of carbonyl (C=O) groups is 1. The molecule has 110 valence electrons. The number of amides is 1. The van der Waals surface area contributed by atoms with Crippen molar-refractivity contribution in [3.05, 3.63) is 35.9 Å². The van der Waals surface area contributed by atoms with E-state index in [1.165, 1.54) is 0 Å². The highest BCUT2D eigenvalue weighted by atomic mass is 16.2. The van der Waals surface area contributed by atoms with Gasteiger partial charge in [-0.1, -0.05) is 43.2 Å². The fourth-order valence-corrected chi connectivity index (χ4v) is 2.82. The first-order chi connectivity index (χ1) is 9.51. The van der Waals surface area contributed by atoms with Gasteiger partial charge in [-0.2, -0.15) is 0 Å². The van der Waals surface area contributed by atoms with E-state index >= 15 is 0 Å². The number of benzene rings is 1. The second kappa shape index (κ2) is 6.37. The second-order valence-corrected chi connectivity index (χ2v) is 6.06. The molecule has 0 saturated heterocycles. The number of rotatable bonds is 5. The van der Waals surface area contributed by atoms with Crippen LogP contribution in [0.2, 0.25) is 0 Å². The smallest absolute Gasteiger partial charge is 0.240 e. The minimum Gasteiger partial charge on any atom is -0.346 e. The highest BCUT2D eigenvalue weighted by molar-refractivity contribution is 5.86. The standard InChI is InChI=1S/C16H25N3O/c1-19(2)12-14(13-8-4-3-5-9-13)18-15(20)16(17)10-6-7-11-16/h3-5,8-9,14H,6-7,10-12,17H2,1-2H3,(H,18,20). The second-order valence-electron chi connectivity index (χ2n) is 6.06. The van der Waals surface area contributed by atoms with Crippen LogP contribution in [0.5, 0.6) is 0 Å². The van der Waals surface area contributed by atoms with Gasteiger partial charge in [0.05, 0.1) is 11.6 Å². The van der Waals surface area contributed by atoms with Crippen LogP contribution < -0.4 is 11.1 Å². The summed E-state index contributed by atoms with van der Waals surface area (Å²) in [5.41, 5.74) is 6.69. The summed E-state index contributed by atoms with van der Waals surface area (Å²) >= 11 is 0. The van der Waals surface area contributed by atoms with Crippen LogP contribution in [0.1, 0.15) is 37.3 Å².